The summed E-state index contributed by atoms with van der Waals surface area (Å²) in [6, 6.07) is 16.6. The molecule has 1 amide bonds. The fourth-order valence-electron chi connectivity index (χ4n) is 4.63. The second kappa shape index (κ2) is 15.7. The van der Waals surface area contributed by atoms with Crippen molar-refractivity contribution >= 4 is 35.3 Å². The Morgan fingerprint density at radius 2 is 1.54 bits per heavy atom. The zero-order valence-corrected chi connectivity index (χ0v) is 25.4. The number of aryl methyl sites for hydroxylation is 4. The van der Waals surface area contributed by atoms with Gasteiger partial charge in [0.25, 0.3) is 0 Å². The van der Waals surface area contributed by atoms with Crippen molar-refractivity contribution in [3.05, 3.63) is 92.5 Å². The monoisotopic (exact) mass is 601 g/mol. The Morgan fingerprint density at radius 3 is 2.12 bits per heavy atom. The highest BCUT2D eigenvalue weighted by atomic mass is 35.5. The van der Waals surface area contributed by atoms with Gasteiger partial charge in [0, 0.05) is 29.6 Å². The van der Waals surface area contributed by atoms with Crippen molar-refractivity contribution < 1.29 is 28.9 Å². The Balaban J connectivity index is 1.64. The molecule has 0 saturated carbocycles. The predicted molar refractivity (Wildman–Crippen MR) is 162 cm³/mol. The second-order valence-electron chi connectivity index (χ2n) is 9.94. The number of benzene rings is 3. The van der Waals surface area contributed by atoms with Crippen LogP contribution in [0.3, 0.4) is 0 Å². The Hall–Kier alpha value is -3.26. The highest BCUT2D eigenvalue weighted by Crippen LogP contribution is 2.26. The first-order chi connectivity index (χ1) is 19.5. The van der Waals surface area contributed by atoms with E-state index in [0.29, 0.717) is 54.1 Å². The average molecular weight is 603 g/mol. The van der Waals surface area contributed by atoms with Crippen molar-refractivity contribution in [3.63, 3.8) is 0 Å². The highest BCUT2D eigenvalue weighted by Gasteiger charge is 2.20. The van der Waals surface area contributed by atoms with Crippen molar-refractivity contribution in [3.8, 4) is 11.5 Å². The van der Waals surface area contributed by atoms with Gasteiger partial charge in [-0.1, -0.05) is 53.0 Å². The fourth-order valence-corrected chi connectivity index (χ4v) is 5.20. The molecule has 0 heterocycles. The minimum absolute atomic E-state index is 0.250. The lowest BCUT2D eigenvalue weighted by atomic mass is 10.1. The molecule has 0 aliphatic carbocycles. The van der Waals surface area contributed by atoms with Gasteiger partial charge >= 0.3 is 12.1 Å². The molecule has 41 heavy (non-hydrogen) atoms. The number of carboxylic acids is 1. The van der Waals surface area contributed by atoms with Gasteiger partial charge in [-0.05, 0) is 93.1 Å². The molecule has 1 unspecified atom stereocenters. The van der Waals surface area contributed by atoms with E-state index in [9.17, 15) is 14.7 Å². The van der Waals surface area contributed by atoms with Crippen molar-refractivity contribution in [2.24, 2.45) is 0 Å². The summed E-state index contributed by atoms with van der Waals surface area (Å²) in [6.45, 7) is 8.96. The van der Waals surface area contributed by atoms with Crippen molar-refractivity contribution in [1.82, 2.24) is 4.90 Å². The van der Waals surface area contributed by atoms with Crippen molar-refractivity contribution in [2.45, 2.75) is 53.1 Å². The molecule has 1 atom stereocenters. The third-order valence-corrected chi connectivity index (χ3v) is 6.92. The number of ether oxygens (including phenoxy) is 3. The van der Waals surface area contributed by atoms with E-state index in [1.807, 2.05) is 57.2 Å². The zero-order valence-electron chi connectivity index (χ0n) is 23.9. The van der Waals surface area contributed by atoms with E-state index in [1.54, 1.807) is 30.0 Å². The summed E-state index contributed by atoms with van der Waals surface area (Å²) in [4.78, 5) is 26.3. The van der Waals surface area contributed by atoms with Gasteiger partial charge in [0.1, 0.15) is 18.1 Å². The molecule has 0 aromatic heterocycles. The number of halogens is 2. The van der Waals surface area contributed by atoms with Crippen molar-refractivity contribution in [1.29, 1.82) is 0 Å². The van der Waals surface area contributed by atoms with Gasteiger partial charge in [-0.3, -0.25) is 0 Å². The minimum atomic E-state index is -0.992. The van der Waals surface area contributed by atoms with Crippen LogP contribution in [0.5, 0.6) is 11.5 Å². The molecule has 9 heteroatoms. The van der Waals surface area contributed by atoms with Crippen LogP contribution in [-0.4, -0.2) is 54.5 Å². The SMILES string of the molecule is CCOC(Cc1ccc(OCCN(CCCc2cc(Cl)cc(Cl)c2)C(=O)Oc2c(C)cc(C)cc2C)cc1)C(=O)O. The minimum Gasteiger partial charge on any atom is -0.492 e. The summed E-state index contributed by atoms with van der Waals surface area (Å²) in [6.07, 6.45) is 0.290. The Kier molecular flexibility index (Phi) is 12.3. The van der Waals surface area contributed by atoms with E-state index in [0.717, 1.165) is 27.8 Å². The lowest BCUT2D eigenvalue weighted by Crippen LogP contribution is -2.38. The first-order valence-electron chi connectivity index (χ1n) is 13.6. The number of carbonyl (C=O) groups is 2. The molecule has 1 N–H and O–H groups in total. The molecule has 0 saturated heterocycles. The molecule has 0 fully saturated rings. The quantitative estimate of drug-likeness (QED) is 0.206. The van der Waals surface area contributed by atoms with Crippen molar-refractivity contribution in [2.75, 3.05) is 26.3 Å². The number of hydrogen-bond donors (Lipinski definition) is 1. The predicted octanol–water partition coefficient (Wildman–Crippen LogP) is 7.46. The smallest absolute Gasteiger partial charge is 0.415 e. The first-order valence-corrected chi connectivity index (χ1v) is 14.4. The maximum atomic E-state index is 13.3. The van der Waals surface area contributed by atoms with Crippen LogP contribution >= 0.6 is 23.2 Å². The molecule has 0 bridgehead atoms. The highest BCUT2D eigenvalue weighted by molar-refractivity contribution is 6.34. The van der Waals surface area contributed by atoms with Gasteiger partial charge in [-0.25, -0.2) is 9.59 Å². The first kappa shape index (κ1) is 32.3. The number of hydrogen-bond acceptors (Lipinski definition) is 5. The maximum absolute atomic E-state index is 13.3. The molecular formula is C32H37Cl2NO6. The summed E-state index contributed by atoms with van der Waals surface area (Å²) in [5, 5.41) is 10.5. The van der Waals surface area contributed by atoms with Gasteiger partial charge < -0.3 is 24.2 Å². The van der Waals surface area contributed by atoms with Gasteiger partial charge in [0.05, 0.1) is 6.54 Å². The number of carbonyl (C=O) groups excluding carboxylic acids is 1. The van der Waals surface area contributed by atoms with E-state index in [1.165, 1.54) is 0 Å². The van der Waals surface area contributed by atoms with Gasteiger partial charge in [-0.2, -0.15) is 0 Å². The molecular weight excluding hydrogens is 565 g/mol. The Morgan fingerprint density at radius 1 is 0.902 bits per heavy atom. The van der Waals surface area contributed by atoms with Crippen LogP contribution < -0.4 is 9.47 Å². The van der Waals surface area contributed by atoms with Gasteiger partial charge in [0.15, 0.2) is 6.10 Å². The van der Waals surface area contributed by atoms with Crippen LogP contribution in [0.1, 0.15) is 41.2 Å². The summed E-state index contributed by atoms with van der Waals surface area (Å²) < 4.78 is 17.1. The third kappa shape index (κ3) is 10.3. The zero-order chi connectivity index (χ0) is 29.9. The molecule has 3 aromatic rings. The Bertz CT molecular complexity index is 1290. The number of aliphatic carboxylic acids is 1. The number of rotatable bonds is 14. The Labute approximate surface area is 251 Å². The maximum Gasteiger partial charge on any atom is 0.415 e. The van der Waals surface area contributed by atoms with Gasteiger partial charge in [-0.15, -0.1) is 0 Å². The largest absolute Gasteiger partial charge is 0.492 e. The van der Waals surface area contributed by atoms with E-state index in [-0.39, 0.29) is 13.0 Å². The molecule has 3 rings (SSSR count). The second-order valence-corrected chi connectivity index (χ2v) is 10.8. The van der Waals surface area contributed by atoms with Crippen LogP contribution in [0.4, 0.5) is 4.79 Å². The van der Waals surface area contributed by atoms with Crippen LogP contribution in [0, 0.1) is 20.8 Å². The van der Waals surface area contributed by atoms with E-state index in [4.69, 9.17) is 37.4 Å². The van der Waals surface area contributed by atoms with Crippen LogP contribution in [0.15, 0.2) is 54.6 Å². The number of nitrogens with zero attached hydrogens (tertiary/aromatic N) is 1. The average Bonchev–Trinajstić information content (AvgIpc) is 2.89. The standard InChI is InChI=1S/C32H37Cl2NO6/c1-5-39-29(31(36)37)19-24-8-10-28(11-9-24)40-14-13-35(12-6-7-25-17-26(33)20-27(34)18-25)32(38)41-30-22(3)15-21(2)16-23(30)4/h8-11,15-18,20,29H,5-7,12-14,19H2,1-4H3,(H,36,37). The summed E-state index contributed by atoms with van der Waals surface area (Å²) in [5.74, 6) is 0.188. The third-order valence-electron chi connectivity index (χ3n) is 6.49. The molecule has 0 aliphatic rings. The summed E-state index contributed by atoms with van der Waals surface area (Å²) >= 11 is 12.3. The van der Waals surface area contributed by atoms with Crippen LogP contribution in [0.2, 0.25) is 10.0 Å². The molecule has 220 valence electrons. The van der Waals surface area contributed by atoms with E-state index >= 15 is 0 Å². The topological polar surface area (TPSA) is 85.3 Å². The molecule has 7 nitrogen and oxygen atoms in total. The lowest BCUT2D eigenvalue weighted by molar-refractivity contribution is -0.149. The fraction of sp³-hybridized carbons (Fsp3) is 0.375. The molecule has 3 aromatic carbocycles. The summed E-state index contributed by atoms with van der Waals surface area (Å²) in [7, 11) is 0. The van der Waals surface area contributed by atoms with Gasteiger partial charge in [0.2, 0.25) is 0 Å². The number of carboxylic acid groups (broad SMARTS) is 1. The summed E-state index contributed by atoms with van der Waals surface area (Å²) in [5.41, 5.74) is 4.72. The number of amides is 1. The van der Waals surface area contributed by atoms with Crippen LogP contribution in [0.25, 0.3) is 0 Å². The van der Waals surface area contributed by atoms with E-state index in [2.05, 4.69) is 0 Å². The lowest BCUT2D eigenvalue weighted by Gasteiger charge is -2.23. The van der Waals surface area contributed by atoms with E-state index < -0.39 is 18.2 Å². The molecule has 0 aliphatic heterocycles. The normalized spacial score (nSPS) is 11.7. The van der Waals surface area contributed by atoms with Crippen LogP contribution in [-0.2, 0) is 22.4 Å². The molecule has 0 spiro atoms. The molecule has 0 radical (unpaired) electrons.